The topological polar surface area (TPSA) is 270 Å². The highest BCUT2D eigenvalue weighted by Crippen LogP contribution is 2.39. The normalized spacial score (nSPS) is 10.3. The molecule has 4 heterocycles. The number of rotatable bonds is 16. The second-order valence-corrected chi connectivity index (χ2v) is 11.0. The van der Waals surface area contributed by atoms with Gasteiger partial charge in [-0.15, -0.1) is 0 Å². The molecule has 54 heavy (non-hydrogen) atoms. The van der Waals surface area contributed by atoms with E-state index in [0.29, 0.717) is 72.6 Å². The maximum absolute atomic E-state index is 8.78. The van der Waals surface area contributed by atoms with Crippen molar-refractivity contribution < 1.29 is 18.9 Å². The number of H-pyrrole nitrogens is 2. The van der Waals surface area contributed by atoms with Crippen molar-refractivity contribution >= 4 is 23.3 Å². The molecule has 0 unspecified atom stereocenters. The summed E-state index contributed by atoms with van der Waals surface area (Å²) in [5.74, 6) is 4.72. The number of methoxy groups -OCH3 is 2. The van der Waals surface area contributed by atoms with Crippen molar-refractivity contribution in [2.45, 2.75) is 12.8 Å². The number of hydrogen-bond acceptors (Lipinski definition) is 16. The third-order valence-electron chi connectivity index (χ3n) is 7.37. The molecule has 2 aromatic carbocycles. The largest absolute Gasteiger partial charge is 0.496 e. The molecule has 0 atom stereocenters. The van der Waals surface area contributed by atoms with Crippen molar-refractivity contribution in [3.63, 3.8) is 0 Å². The molecule has 6 rings (SSSR count). The average Bonchev–Trinajstić information content (AvgIpc) is 3.88. The van der Waals surface area contributed by atoms with Gasteiger partial charge in [0.2, 0.25) is 0 Å². The first-order valence-corrected chi connectivity index (χ1v) is 16.6. The van der Waals surface area contributed by atoms with Crippen LogP contribution in [-0.2, 0) is 0 Å². The van der Waals surface area contributed by atoms with Crippen LogP contribution < -0.4 is 41.0 Å². The van der Waals surface area contributed by atoms with E-state index in [1.54, 1.807) is 14.2 Å². The number of benzene rings is 2. The van der Waals surface area contributed by atoms with E-state index in [1.165, 1.54) is 24.8 Å². The molecule has 0 fully saturated rings. The van der Waals surface area contributed by atoms with Crippen LogP contribution in [0.15, 0.2) is 73.3 Å². The van der Waals surface area contributed by atoms with Crippen LogP contribution in [-0.4, -0.2) is 80.9 Å². The molecule has 276 valence electrons. The second-order valence-electron chi connectivity index (χ2n) is 11.0. The number of ether oxygens (including phenoxy) is 4. The summed E-state index contributed by atoms with van der Waals surface area (Å²) in [6, 6.07) is 18.6. The van der Waals surface area contributed by atoms with E-state index < -0.39 is 0 Å². The standard InChI is InChI=1S/2C18H19N7O2/c2*1-26-14-4-2-5-15(27-7-3-6-19)18(14)13-8-16(25-24-13)23-17-11-21-12(9-20)10-22-17/h2*2,4-5,8,10-11H,3,6-7,19H2,1H3,(H2,22,23,24,25). The lowest BCUT2D eigenvalue weighted by Gasteiger charge is -2.13. The monoisotopic (exact) mass is 730 g/mol. The maximum atomic E-state index is 8.78. The molecule has 0 aliphatic carbocycles. The van der Waals surface area contributed by atoms with Crippen LogP contribution in [0.3, 0.4) is 0 Å². The van der Waals surface area contributed by atoms with Gasteiger partial charge in [0.15, 0.2) is 23.0 Å². The van der Waals surface area contributed by atoms with Gasteiger partial charge in [0.05, 0.1) is 74.7 Å². The van der Waals surface area contributed by atoms with Crippen LogP contribution >= 0.6 is 0 Å². The molecule has 8 N–H and O–H groups in total. The molecular formula is C36H38N14O4. The number of aromatic nitrogens is 8. The van der Waals surface area contributed by atoms with Gasteiger partial charge in [-0.2, -0.15) is 20.7 Å². The molecule has 0 saturated carbocycles. The number of nitrogens with zero attached hydrogens (tertiary/aromatic N) is 8. The molecule has 18 nitrogen and oxygen atoms in total. The van der Waals surface area contributed by atoms with Crippen molar-refractivity contribution in [1.29, 1.82) is 10.5 Å². The van der Waals surface area contributed by atoms with Crippen molar-refractivity contribution in [2.24, 2.45) is 11.5 Å². The summed E-state index contributed by atoms with van der Waals surface area (Å²) in [7, 11) is 3.20. The number of nitrogens with two attached hydrogens (primary N) is 2. The SMILES string of the molecule is COc1cccc(OCCCN)c1-c1cc(Nc2cnc(C#N)cn2)n[nH]1.COc1cccc(OCCCN)c1-c1cc(Nc2cnc(C#N)cn2)n[nH]1. The summed E-state index contributed by atoms with van der Waals surface area (Å²) in [5.41, 5.74) is 14.5. The Bertz CT molecular complexity index is 2020. The van der Waals surface area contributed by atoms with Gasteiger partial charge < -0.3 is 41.0 Å². The molecule has 0 aliphatic rings. The minimum atomic E-state index is 0.247. The van der Waals surface area contributed by atoms with E-state index in [2.05, 4.69) is 51.0 Å². The molecule has 0 saturated heterocycles. The van der Waals surface area contributed by atoms with E-state index in [0.717, 1.165) is 35.4 Å². The number of hydrogen-bond donors (Lipinski definition) is 6. The van der Waals surface area contributed by atoms with Crippen LogP contribution in [0.1, 0.15) is 24.2 Å². The van der Waals surface area contributed by atoms with E-state index in [4.69, 9.17) is 40.9 Å². The Kier molecular flexibility index (Phi) is 13.6. The quantitative estimate of drug-likeness (QED) is 0.0751. The summed E-state index contributed by atoms with van der Waals surface area (Å²) in [6.45, 7) is 2.14. The molecule has 0 aliphatic heterocycles. The summed E-state index contributed by atoms with van der Waals surface area (Å²) in [5, 5.41) is 38.1. The van der Waals surface area contributed by atoms with Crippen LogP contribution in [0, 0.1) is 22.7 Å². The van der Waals surface area contributed by atoms with Crippen molar-refractivity contribution in [3.05, 3.63) is 84.7 Å². The van der Waals surface area contributed by atoms with E-state index in [-0.39, 0.29) is 11.4 Å². The highest BCUT2D eigenvalue weighted by molar-refractivity contribution is 5.77. The minimum absolute atomic E-state index is 0.247. The summed E-state index contributed by atoms with van der Waals surface area (Å²) in [4.78, 5) is 16.2. The highest BCUT2D eigenvalue weighted by Gasteiger charge is 2.17. The maximum Gasteiger partial charge on any atom is 0.158 e. The van der Waals surface area contributed by atoms with Crippen LogP contribution in [0.2, 0.25) is 0 Å². The Morgan fingerprint density at radius 2 is 1.04 bits per heavy atom. The molecule has 18 heteroatoms. The lowest BCUT2D eigenvalue weighted by molar-refractivity contribution is 0.312. The summed E-state index contributed by atoms with van der Waals surface area (Å²) >= 11 is 0. The zero-order chi connectivity index (χ0) is 38.1. The fraction of sp³-hybridized carbons (Fsp3) is 0.222. The Balaban J connectivity index is 0.000000208. The van der Waals surface area contributed by atoms with Gasteiger partial charge in [-0.3, -0.25) is 10.2 Å². The Morgan fingerprint density at radius 3 is 1.39 bits per heavy atom. The number of nitriles is 2. The zero-order valence-corrected chi connectivity index (χ0v) is 29.5. The third-order valence-corrected chi connectivity index (χ3v) is 7.37. The van der Waals surface area contributed by atoms with E-state index in [1.807, 2.05) is 60.7 Å². The van der Waals surface area contributed by atoms with Crippen molar-refractivity contribution in [1.82, 2.24) is 40.3 Å². The Morgan fingerprint density at radius 1 is 0.611 bits per heavy atom. The lowest BCUT2D eigenvalue weighted by Crippen LogP contribution is -2.07. The highest BCUT2D eigenvalue weighted by atomic mass is 16.5. The first-order valence-electron chi connectivity index (χ1n) is 16.6. The van der Waals surface area contributed by atoms with Crippen LogP contribution in [0.5, 0.6) is 23.0 Å². The summed E-state index contributed by atoms with van der Waals surface area (Å²) in [6.07, 6.45) is 7.22. The summed E-state index contributed by atoms with van der Waals surface area (Å²) < 4.78 is 22.6. The molecule has 6 aromatic rings. The number of aromatic amines is 2. The van der Waals surface area contributed by atoms with Gasteiger partial charge in [-0.25, -0.2) is 19.9 Å². The average molecular weight is 731 g/mol. The van der Waals surface area contributed by atoms with Crippen molar-refractivity contribution in [3.8, 4) is 57.7 Å². The van der Waals surface area contributed by atoms with Crippen molar-refractivity contribution in [2.75, 3.05) is 51.2 Å². The van der Waals surface area contributed by atoms with Crippen LogP contribution in [0.25, 0.3) is 22.5 Å². The number of nitrogens with one attached hydrogen (secondary N) is 4. The van der Waals surface area contributed by atoms with Gasteiger partial charge in [-0.1, -0.05) is 12.1 Å². The fourth-order valence-electron chi connectivity index (χ4n) is 4.86. The molecule has 0 spiro atoms. The molecule has 0 amide bonds. The smallest absolute Gasteiger partial charge is 0.158 e. The number of anilines is 4. The van der Waals surface area contributed by atoms with E-state index in [9.17, 15) is 0 Å². The predicted molar refractivity (Wildman–Crippen MR) is 200 cm³/mol. The fourth-order valence-corrected chi connectivity index (χ4v) is 4.86. The second kappa shape index (κ2) is 19.4. The van der Waals surface area contributed by atoms with Gasteiger partial charge >= 0.3 is 0 Å². The molecule has 0 radical (unpaired) electrons. The first-order chi connectivity index (χ1) is 26.5. The lowest BCUT2D eigenvalue weighted by atomic mass is 10.1. The first kappa shape index (κ1) is 38.0. The molecular weight excluding hydrogens is 692 g/mol. The van der Waals surface area contributed by atoms with Gasteiger partial charge in [0, 0.05) is 12.1 Å². The minimum Gasteiger partial charge on any atom is -0.496 e. The van der Waals surface area contributed by atoms with Gasteiger partial charge in [-0.05, 0) is 50.2 Å². The Labute approximate surface area is 310 Å². The third kappa shape index (κ3) is 9.94. The van der Waals surface area contributed by atoms with Crippen LogP contribution in [0.4, 0.5) is 23.3 Å². The molecule has 4 aromatic heterocycles. The predicted octanol–water partition coefficient (Wildman–Crippen LogP) is 4.44. The molecule has 0 bridgehead atoms. The van der Waals surface area contributed by atoms with Gasteiger partial charge in [0.1, 0.15) is 46.8 Å². The van der Waals surface area contributed by atoms with E-state index >= 15 is 0 Å². The zero-order valence-electron chi connectivity index (χ0n) is 29.5. The Hall–Kier alpha value is -7.28. The van der Waals surface area contributed by atoms with Gasteiger partial charge in [0.25, 0.3) is 0 Å².